The van der Waals surface area contributed by atoms with Crippen LogP contribution in [-0.4, -0.2) is 29.0 Å². The van der Waals surface area contributed by atoms with Crippen molar-refractivity contribution >= 4 is 23.7 Å². The zero-order chi connectivity index (χ0) is 19.8. The van der Waals surface area contributed by atoms with E-state index < -0.39 is 0 Å². The first-order chi connectivity index (χ1) is 13.6. The maximum absolute atomic E-state index is 12.9. The van der Waals surface area contributed by atoms with Crippen LogP contribution in [-0.2, 0) is 11.2 Å². The normalized spacial score (nSPS) is 10.6. The second-order valence-electron chi connectivity index (χ2n) is 5.98. The van der Waals surface area contributed by atoms with Crippen molar-refractivity contribution in [1.29, 1.82) is 0 Å². The number of methoxy groups -OCH3 is 1. The molecule has 3 aromatic rings. The van der Waals surface area contributed by atoms with Crippen LogP contribution < -0.4 is 10.1 Å². The van der Waals surface area contributed by atoms with Gasteiger partial charge in [-0.2, -0.15) is 0 Å². The summed E-state index contributed by atoms with van der Waals surface area (Å²) in [5, 5.41) is 10.4. The SMILES string of the molecule is COc1ccc(Cc2nnc(NC(=O)CCCSc3ccc(F)cc3)o2)cc1. The summed E-state index contributed by atoms with van der Waals surface area (Å²) >= 11 is 1.58. The number of amides is 1. The molecule has 8 heteroatoms. The Balaban J connectivity index is 1.40. The fourth-order valence-corrected chi connectivity index (χ4v) is 3.28. The van der Waals surface area contributed by atoms with Gasteiger partial charge in [-0.05, 0) is 54.1 Å². The minimum absolute atomic E-state index is 0.0969. The van der Waals surface area contributed by atoms with Gasteiger partial charge in [0.2, 0.25) is 11.8 Å². The van der Waals surface area contributed by atoms with E-state index in [0.29, 0.717) is 25.2 Å². The first-order valence-electron chi connectivity index (χ1n) is 8.76. The lowest BCUT2D eigenvalue weighted by Crippen LogP contribution is -2.11. The van der Waals surface area contributed by atoms with Gasteiger partial charge in [0.05, 0.1) is 13.5 Å². The van der Waals surface area contributed by atoms with Gasteiger partial charge in [-0.3, -0.25) is 10.1 Å². The van der Waals surface area contributed by atoms with Gasteiger partial charge in [0.1, 0.15) is 11.6 Å². The predicted molar refractivity (Wildman–Crippen MR) is 105 cm³/mol. The van der Waals surface area contributed by atoms with Gasteiger partial charge in [0, 0.05) is 11.3 Å². The maximum atomic E-state index is 12.9. The van der Waals surface area contributed by atoms with Crippen LogP contribution in [0.1, 0.15) is 24.3 Å². The second-order valence-corrected chi connectivity index (χ2v) is 7.15. The highest BCUT2D eigenvalue weighted by Crippen LogP contribution is 2.20. The number of rotatable bonds is 9. The van der Waals surface area contributed by atoms with E-state index in [2.05, 4.69) is 15.5 Å². The minimum Gasteiger partial charge on any atom is -0.497 e. The molecule has 0 aliphatic heterocycles. The number of benzene rings is 2. The molecule has 0 radical (unpaired) electrons. The summed E-state index contributed by atoms with van der Waals surface area (Å²) in [4.78, 5) is 13.0. The summed E-state index contributed by atoms with van der Waals surface area (Å²) in [6, 6.07) is 13.9. The average molecular weight is 401 g/mol. The van der Waals surface area contributed by atoms with Crippen molar-refractivity contribution in [2.24, 2.45) is 0 Å². The Bertz CT molecular complexity index is 898. The molecule has 1 N–H and O–H groups in total. The molecule has 0 fully saturated rings. The lowest BCUT2D eigenvalue weighted by Gasteiger charge is -2.02. The number of anilines is 1. The van der Waals surface area contributed by atoms with Gasteiger partial charge in [-0.15, -0.1) is 16.9 Å². The van der Waals surface area contributed by atoms with Crippen LogP contribution in [0.15, 0.2) is 57.8 Å². The van der Waals surface area contributed by atoms with E-state index in [1.807, 2.05) is 24.3 Å². The molecule has 1 aromatic heterocycles. The first kappa shape index (κ1) is 19.9. The number of nitrogens with one attached hydrogen (secondary N) is 1. The van der Waals surface area contributed by atoms with Crippen LogP contribution >= 0.6 is 11.8 Å². The number of aromatic nitrogens is 2. The van der Waals surface area contributed by atoms with Crippen molar-refractivity contribution in [3.63, 3.8) is 0 Å². The molecule has 0 unspecified atom stereocenters. The van der Waals surface area contributed by atoms with E-state index in [4.69, 9.17) is 9.15 Å². The molecule has 0 saturated heterocycles. The summed E-state index contributed by atoms with van der Waals surface area (Å²) in [7, 11) is 1.61. The second kappa shape index (κ2) is 9.89. The quantitative estimate of drug-likeness (QED) is 0.425. The Hall–Kier alpha value is -2.87. The third kappa shape index (κ3) is 6.09. The van der Waals surface area contributed by atoms with Gasteiger partial charge in [0.15, 0.2) is 0 Å². The standard InChI is InChI=1S/C20H20FN3O3S/c1-26-16-8-4-14(5-9-16)13-19-23-24-20(27-19)22-18(25)3-2-12-28-17-10-6-15(21)7-11-17/h4-11H,2-3,12-13H2,1H3,(H,22,24,25). The average Bonchev–Trinajstić information content (AvgIpc) is 3.14. The summed E-state index contributed by atoms with van der Waals surface area (Å²) in [5.74, 6) is 1.52. The van der Waals surface area contributed by atoms with Crippen LogP contribution in [0, 0.1) is 5.82 Å². The molecule has 0 aliphatic carbocycles. The molecular formula is C20H20FN3O3S. The Morgan fingerprint density at radius 3 is 2.61 bits per heavy atom. The Morgan fingerprint density at radius 2 is 1.89 bits per heavy atom. The molecule has 2 aromatic carbocycles. The topological polar surface area (TPSA) is 77.3 Å². The van der Waals surface area contributed by atoms with Gasteiger partial charge < -0.3 is 9.15 Å². The highest BCUT2D eigenvalue weighted by molar-refractivity contribution is 7.99. The zero-order valence-corrected chi connectivity index (χ0v) is 16.2. The number of halogens is 1. The van der Waals surface area contributed by atoms with Gasteiger partial charge in [-0.25, -0.2) is 4.39 Å². The Morgan fingerprint density at radius 1 is 1.14 bits per heavy atom. The summed E-state index contributed by atoms with van der Waals surface area (Å²) < 4.78 is 23.5. The maximum Gasteiger partial charge on any atom is 0.322 e. The predicted octanol–water partition coefficient (Wildman–Crippen LogP) is 4.32. The molecule has 0 saturated carbocycles. The van der Waals surface area contributed by atoms with E-state index in [0.717, 1.165) is 22.0 Å². The fraction of sp³-hybridized carbons (Fsp3) is 0.250. The number of ether oxygens (including phenoxy) is 1. The van der Waals surface area contributed by atoms with Crippen LogP contribution in [0.25, 0.3) is 0 Å². The first-order valence-corrected chi connectivity index (χ1v) is 9.74. The molecule has 0 atom stereocenters. The Labute approximate surface area is 166 Å². The van der Waals surface area contributed by atoms with Crippen LogP contribution in [0.5, 0.6) is 5.75 Å². The van der Waals surface area contributed by atoms with Gasteiger partial charge in [0.25, 0.3) is 0 Å². The lowest BCUT2D eigenvalue weighted by atomic mass is 10.1. The molecule has 0 spiro atoms. The van der Waals surface area contributed by atoms with Crippen LogP contribution in [0.2, 0.25) is 0 Å². The molecule has 1 amide bonds. The fourth-order valence-electron chi connectivity index (χ4n) is 2.43. The van der Waals surface area contributed by atoms with Crippen molar-refractivity contribution in [3.8, 4) is 5.75 Å². The van der Waals surface area contributed by atoms with Crippen molar-refractivity contribution in [2.45, 2.75) is 24.2 Å². The number of carbonyl (C=O) groups is 1. The summed E-state index contributed by atoms with van der Waals surface area (Å²) in [6.45, 7) is 0. The number of thioether (sulfide) groups is 1. The van der Waals surface area contributed by atoms with E-state index in [1.165, 1.54) is 12.1 Å². The molecule has 6 nitrogen and oxygen atoms in total. The third-order valence-corrected chi connectivity index (χ3v) is 4.96. The van der Waals surface area contributed by atoms with Crippen molar-refractivity contribution < 1.29 is 18.3 Å². The van der Waals surface area contributed by atoms with Crippen LogP contribution in [0.3, 0.4) is 0 Å². The van der Waals surface area contributed by atoms with Gasteiger partial charge >= 0.3 is 6.01 Å². The number of carbonyl (C=O) groups excluding carboxylic acids is 1. The lowest BCUT2D eigenvalue weighted by molar-refractivity contribution is -0.116. The summed E-state index contributed by atoms with van der Waals surface area (Å²) in [6.07, 6.45) is 1.49. The van der Waals surface area contributed by atoms with Gasteiger partial charge in [-0.1, -0.05) is 17.2 Å². The largest absolute Gasteiger partial charge is 0.497 e. The smallest absolute Gasteiger partial charge is 0.322 e. The molecule has 146 valence electrons. The monoisotopic (exact) mass is 401 g/mol. The van der Waals surface area contributed by atoms with E-state index in [1.54, 1.807) is 31.0 Å². The van der Waals surface area contributed by atoms with Crippen molar-refractivity contribution in [3.05, 3.63) is 65.8 Å². The molecule has 1 heterocycles. The van der Waals surface area contributed by atoms with E-state index >= 15 is 0 Å². The van der Waals surface area contributed by atoms with Crippen molar-refractivity contribution in [2.75, 3.05) is 18.2 Å². The van der Waals surface area contributed by atoms with E-state index in [9.17, 15) is 9.18 Å². The molecule has 0 bridgehead atoms. The molecule has 3 rings (SSSR count). The van der Waals surface area contributed by atoms with Crippen molar-refractivity contribution in [1.82, 2.24) is 10.2 Å². The minimum atomic E-state index is -0.255. The number of hydrogen-bond acceptors (Lipinski definition) is 6. The molecule has 0 aliphatic rings. The zero-order valence-electron chi connectivity index (χ0n) is 15.4. The van der Waals surface area contributed by atoms with Crippen LogP contribution in [0.4, 0.5) is 10.4 Å². The third-order valence-electron chi connectivity index (χ3n) is 3.86. The summed E-state index contributed by atoms with van der Waals surface area (Å²) in [5.41, 5.74) is 1.00. The Kier molecular flexibility index (Phi) is 7.02. The molecular weight excluding hydrogens is 381 g/mol. The van der Waals surface area contributed by atoms with E-state index in [-0.39, 0.29) is 17.7 Å². The highest BCUT2D eigenvalue weighted by Gasteiger charge is 2.10. The number of hydrogen-bond donors (Lipinski definition) is 1. The molecule has 28 heavy (non-hydrogen) atoms. The number of nitrogens with zero attached hydrogens (tertiary/aromatic N) is 2. The highest BCUT2D eigenvalue weighted by atomic mass is 32.2.